The lowest BCUT2D eigenvalue weighted by atomic mass is 10.2. The fraction of sp³-hybridized carbons (Fsp3) is 0.158. The minimum atomic E-state index is -0.293. The third-order valence-corrected chi connectivity index (χ3v) is 4.56. The molecule has 0 spiro atoms. The van der Waals surface area contributed by atoms with Gasteiger partial charge in [-0.2, -0.15) is 0 Å². The number of nitrogens with zero attached hydrogens (tertiary/aromatic N) is 3. The summed E-state index contributed by atoms with van der Waals surface area (Å²) in [7, 11) is 0. The van der Waals surface area contributed by atoms with Crippen LogP contribution in [0.1, 0.15) is 12.6 Å². The summed E-state index contributed by atoms with van der Waals surface area (Å²) >= 11 is 0. The Kier molecular flexibility index (Phi) is 4.19. The lowest BCUT2D eigenvalue weighted by Gasteiger charge is -1.99. The van der Waals surface area contributed by atoms with E-state index in [0.29, 0.717) is 29.0 Å². The first-order valence-corrected chi connectivity index (χ1v) is 8.79. The molecule has 9 nitrogen and oxygen atoms in total. The Balaban J connectivity index is 1.76. The zero-order valence-electron chi connectivity index (χ0n) is 15.4. The molecule has 2 aromatic heterocycles. The average molecular weight is 379 g/mol. The Morgan fingerprint density at radius 1 is 1.18 bits per heavy atom. The van der Waals surface area contributed by atoms with Gasteiger partial charge < -0.3 is 10.1 Å². The van der Waals surface area contributed by atoms with Crippen LogP contribution in [0.4, 0.5) is 11.4 Å². The van der Waals surface area contributed by atoms with Crippen LogP contribution in [0.3, 0.4) is 0 Å². The van der Waals surface area contributed by atoms with Gasteiger partial charge >= 0.3 is 16.9 Å². The van der Waals surface area contributed by atoms with Crippen LogP contribution >= 0.6 is 0 Å². The lowest BCUT2D eigenvalue weighted by molar-refractivity contribution is -0.435. The summed E-state index contributed by atoms with van der Waals surface area (Å²) < 4.78 is 2.93. The topological polar surface area (TPSA) is 122 Å². The largest absolute Gasteiger partial charge is 0.505 e. The molecule has 0 amide bonds. The maximum absolute atomic E-state index is 12.7. The number of para-hydroxylation sites is 1. The van der Waals surface area contributed by atoms with Crippen molar-refractivity contribution in [1.29, 1.82) is 0 Å². The van der Waals surface area contributed by atoms with E-state index in [2.05, 4.69) is 20.3 Å². The summed E-state index contributed by atoms with van der Waals surface area (Å²) in [6, 6.07) is 12.2. The standard InChI is InChI=1S/C19H18N6O3/c1-3-24-15-10-16(26)14(9-13(15)20-19(24)28)21-22-17-11(2)23-25(18(17)27)12-7-5-4-6-8-12/h4-10,23,26H,3H2,1-2H3,(H,20,28)/p+1. The van der Waals surface area contributed by atoms with Crippen LogP contribution in [0, 0.1) is 6.92 Å². The van der Waals surface area contributed by atoms with Crippen molar-refractivity contribution in [2.24, 2.45) is 5.11 Å². The molecule has 0 unspecified atom stereocenters. The molecule has 0 aliphatic carbocycles. The molecular formula is C19H19N6O3+. The average Bonchev–Trinajstić information content (AvgIpc) is 3.15. The number of fused-ring (bicyclic) bond motifs is 1. The molecule has 0 saturated heterocycles. The Hall–Kier alpha value is -3.88. The number of azo groups is 1. The number of hydrogen-bond acceptors (Lipinski definition) is 4. The molecule has 142 valence electrons. The van der Waals surface area contributed by atoms with Gasteiger partial charge in [-0.3, -0.25) is 14.5 Å². The molecule has 0 bridgehead atoms. The fourth-order valence-corrected chi connectivity index (χ4v) is 3.14. The Morgan fingerprint density at radius 3 is 2.64 bits per heavy atom. The number of aryl methyl sites for hydroxylation is 2. The van der Waals surface area contributed by atoms with Crippen molar-refractivity contribution in [3.05, 3.63) is 69.0 Å². The number of nitrogens with one attached hydrogen (secondary N) is 3. The number of aromatic nitrogens is 4. The minimum absolute atomic E-state index is 0.0993. The first kappa shape index (κ1) is 17.5. The second kappa shape index (κ2) is 6.69. The van der Waals surface area contributed by atoms with Crippen molar-refractivity contribution in [2.75, 3.05) is 0 Å². The van der Waals surface area contributed by atoms with E-state index in [1.54, 1.807) is 13.0 Å². The van der Waals surface area contributed by atoms with E-state index >= 15 is 0 Å². The third kappa shape index (κ3) is 2.82. The number of aromatic amines is 2. The summed E-state index contributed by atoms with van der Waals surface area (Å²) in [6.07, 6.45) is 0. The highest BCUT2D eigenvalue weighted by Crippen LogP contribution is 2.29. The van der Waals surface area contributed by atoms with Crippen molar-refractivity contribution >= 4 is 22.4 Å². The number of aromatic hydroxyl groups is 1. The zero-order valence-corrected chi connectivity index (χ0v) is 15.4. The summed E-state index contributed by atoms with van der Waals surface area (Å²) in [6.45, 7) is 4.08. The van der Waals surface area contributed by atoms with Gasteiger partial charge in [-0.15, -0.1) is 0 Å². The SMILES string of the molecule is CCn1c(=O)[nH]c2cc(N=[NH+]c3c(C)[nH]n(-c4ccccc4)c3=O)c(O)cc21. The Bertz CT molecular complexity index is 1310. The van der Waals surface area contributed by atoms with Crippen molar-refractivity contribution in [1.82, 2.24) is 19.3 Å². The van der Waals surface area contributed by atoms with E-state index in [-0.39, 0.29) is 28.4 Å². The van der Waals surface area contributed by atoms with Gasteiger partial charge in [-0.05, 0) is 32.0 Å². The van der Waals surface area contributed by atoms with Crippen LogP contribution in [0.15, 0.2) is 57.2 Å². The first-order chi connectivity index (χ1) is 13.5. The van der Waals surface area contributed by atoms with E-state index in [0.717, 1.165) is 0 Å². The number of phenols is 1. The highest BCUT2D eigenvalue weighted by atomic mass is 16.3. The van der Waals surface area contributed by atoms with E-state index in [1.807, 2.05) is 37.3 Å². The predicted molar refractivity (Wildman–Crippen MR) is 104 cm³/mol. The molecule has 28 heavy (non-hydrogen) atoms. The number of phenolic OH excluding ortho intramolecular Hbond substituents is 1. The number of rotatable bonds is 4. The van der Waals surface area contributed by atoms with E-state index in [1.165, 1.54) is 15.3 Å². The molecule has 2 heterocycles. The number of hydrogen-bond donors (Lipinski definition) is 4. The number of H-pyrrole nitrogens is 2. The van der Waals surface area contributed by atoms with Gasteiger partial charge in [0, 0.05) is 17.7 Å². The molecule has 0 aliphatic heterocycles. The Labute approximate surface area is 158 Å². The van der Waals surface area contributed by atoms with Gasteiger partial charge in [-0.1, -0.05) is 23.3 Å². The number of imidazole rings is 1. The maximum atomic E-state index is 12.7. The van der Waals surface area contributed by atoms with Gasteiger partial charge in [0.25, 0.3) is 0 Å². The second-order valence-corrected chi connectivity index (χ2v) is 6.34. The first-order valence-electron chi connectivity index (χ1n) is 8.79. The molecule has 4 N–H and O–H groups in total. The molecule has 0 aliphatic rings. The van der Waals surface area contributed by atoms with Crippen LogP contribution < -0.4 is 16.4 Å². The highest BCUT2D eigenvalue weighted by Gasteiger charge is 2.18. The van der Waals surface area contributed by atoms with Crippen LogP contribution in [-0.2, 0) is 6.54 Å². The smallest absolute Gasteiger partial charge is 0.345 e. The zero-order chi connectivity index (χ0) is 19.8. The maximum Gasteiger partial charge on any atom is 0.345 e. The predicted octanol–water partition coefficient (Wildman–Crippen LogP) is 1.34. The van der Waals surface area contributed by atoms with Crippen molar-refractivity contribution in [2.45, 2.75) is 20.4 Å². The third-order valence-electron chi connectivity index (χ3n) is 4.56. The van der Waals surface area contributed by atoms with E-state index < -0.39 is 0 Å². The van der Waals surface area contributed by atoms with Crippen molar-refractivity contribution in [3.8, 4) is 11.4 Å². The van der Waals surface area contributed by atoms with Crippen molar-refractivity contribution < 1.29 is 10.2 Å². The lowest BCUT2D eigenvalue weighted by Crippen LogP contribution is -2.60. The fourth-order valence-electron chi connectivity index (χ4n) is 3.14. The molecule has 0 atom stereocenters. The normalized spacial score (nSPS) is 11.6. The van der Waals surface area contributed by atoms with Gasteiger partial charge in [0.15, 0.2) is 5.69 Å². The van der Waals surface area contributed by atoms with Crippen LogP contribution in [0.25, 0.3) is 16.7 Å². The van der Waals surface area contributed by atoms with E-state index in [9.17, 15) is 14.7 Å². The summed E-state index contributed by atoms with van der Waals surface area (Å²) in [4.78, 5) is 27.3. The molecule has 0 saturated carbocycles. The van der Waals surface area contributed by atoms with E-state index in [4.69, 9.17) is 0 Å². The molecule has 0 radical (unpaired) electrons. The molecular weight excluding hydrogens is 360 g/mol. The molecule has 0 fully saturated rings. The Morgan fingerprint density at radius 2 is 1.93 bits per heavy atom. The van der Waals surface area contributed by atoms with Crippen LogP contribution in [0.5, 0.6) is 5.75 Å². The van der Waals surface area contributed by atoms with Gasteiger partial charge in [-0.25, -0.2) is 9.48 Å². The minimum Gasteiger partial charge on any atom is -0.505 e. The van der Waals surface area contributed by atoms with Gasteiger partial charge in [0.1, 0.15) is 11.4 Å². The summed E-state index contributed by atoms with van der Waals surface area (Å²) in [5.41, 5.74) is 2.38. The summed E-state index contributed by atoms with van der Waals surface area (Å²) in [5, 5.41) is 20.2. The van der Waals surface area contributed by atoms with Crippen LogP contribution in [-0.4, -0.2) is 24.4 Å². The number of benzene rings is 2. The monoisotopic (exact) mass is 379 g/mol. The molecule has 2 aromatic carbocycles. The second-order valence-electron chi connectivity index (χ2n) is 6.34. The molecule has 4 aromatic rings. The van der Waals surface area contributed by atoms with Crippen molar-refractivity contribution in [3.63, 3.8) is 0 Å². The van der Waals surface area contributed by atoms with Gasteiger partial charge in [0.05, 0.1) is 16.7 Å². The quantitative estimate of drug-likeness (QED) is 0.400. The summed E-state index contributed by atoms with van der Waals surface area (Å²) in [5.74, 6) is -0.0993. The molecule has 4 rings (SSSR count). The molecule has 9 heteroatoms. The highest BCUT2D eigenvalue weighted by molar-refractivity contribution is 5.82. The van der Waals surface area contributed by atoms with Gasteiger partial charge in [0.2, 0.25) is 0 Å². The van der Waals surface area contributed by atoms with Crippen LogP contribution in [0.2, 0.25) is 0 Å².